The largest absolute Gasteiger partial charge is 0.355 e. The van der Waals surface area contributed by atoms with Crippen LogP contribution in [0.5, 0.6) is 0 Å². The van der Waals surface area contributed by atoms with Gasteiger partial charge in [-0.25, -0.2) is 13.1 Å². The number of amides is 1. The molecule has 0 saturated carbocycles. The van der Waals surface area contributed by atoms with Crippen LogP contribution in [0.2, 0.25) is 0 Å². The van der Waals surface area contributed by atoms with Gasteiger partial charge in [0.15, 0.2) is 5.96 Å². The molecule has 2 aromatic carbocycles. The molecule has 0 unspecified atom stereocenters. The Morgan fingerprint density at radius 1 is 1.00 bits per heavy atom. The molecule has 0 radical (unpaired) electrons. The maximum Gasteiger partial charge on any atom is 0.227 e. The lowest BCUT2D eigenvalue weighted by Gasteiger charge is -2.16. The summed E-state index contributed by atoms with van der Waals surface area (Å²) < 4.78 is 27.0. The Labute approximate surface area is 207 Å². The van der Waals surface area contributed by atoms with Gasteiger partial charge in [0.2, 0.25) is 15.9 Å². The lowest BCUT2D eigenvalue weighted by molar-refractivity contribution is -0.117. The summed E-state index contributed by atoms with van der Waals surface area (Å²) in [6.45, 7) is 1.82. The standard InChI is InChI=1S/C22H29N5O3S.HI/c1-23-22(24-13-15-31(29,30)26-17-18-6-3-2-4-7-18)25-16-19-9-11-20(12-10-19)27-14-5-8-21(27)28;/h2-4,6-7,9-12,26H,5,8,13-17H2,1H3,(H2,23,24,25);1H. The predicted octanol–water partition coefficient (Wildman–Crippen LogP) is 2.22. The van der Waals surface area contributed by atoms with Gasteiger partial charge in [0.25, 0.3) is 0 Å². The summed E-state index contributed by atoms with van der Waals surface area (Å²) >= 11 is 0. The minimum absolute atomic E-state index is 0. The van der Waals surface area contributed by atoms with Crippen molar-refractivity contribution in [3.05, 3.63) is 65.7 Å². The van der Waals surface area contributed by atoms with Crippen molar-refractivity contribution in [2.24, 2.45) is 4.99 Å². The van der Waals surface area contributed by atoms with Crippen LogP contribution >= 0.6 is 24.0 Å². The Bertz CT molecular complexity index is 998. The molecule has 10 heteroatoms. The molecule has 32 heavy (non-hydrogen) atoms. The summed E-state index contributed by atoms with van der Waals surface area (Å²) in [5.74, 6) is 0.639. The molecule has 3 N–H and O–H groups in total. The number of carbonyl (C=O) groups is 1. The van der Waals surface area contributed by atoms with Gasteiger partial charge in [-0.05, 0) is 29.7 Å². The fourth-order valence-corrected chi connectivity index (χ4v) is 4.19. The van der Waals surface area contributed by atoms with Crippen LogP contribution in [0.4, 0.5) is 5.69 Å². The molecular weight excluding hydrogens is 541 g/mol. The van der Waals surface area contributed by atoms with E-state index in [-0.39, 0.29) is 48.7 Å². The number of hydrogen-bond donors (Lipinski definition) is 3. The van der Waals surface area contributed by atoms with E-state index < -0.39 is 10.0 Å². The van der Waals surface area contributed by atoms with Gasteiger partial charge in [-0.15, -0.1) is 24.0 Å². The van der Waals surface area contributed by atoms with Crippen molar-refractivity contribution in [3.63, 3.8) is 0 Å². The number of nitrogens with zero attached hydrogens (tertiary/aromatic N) is 2. The zero-order chi connectivity index (χ0) is 22.1. The van der Waals surface area contributed by atoms with E-state index in [0.29, 0.717) is 18.9 Å². The van der Waals surface area contributed by atoms with Crippen molar-refractivity contribution in [3.8, 4) is 0 Å². The number of aliphatic imine (C=N–C) groups is 1. The first-order valence-corrected chi connectivity index (χ1v) is 12.0. The molecule has 1 amide bonds. The van der Waals surface area contributed by atoms with Crippen LogP contribution in [0.25, 0.3) is 0 Å². The summed E-state index contributed by atoms with van der Waals surface area (Å²) in [5.41, 5.74) is 2.87. The highest BCUT2D eigenvalue weighted by Gasteiger charge is 2.21. The number of sulfonamides is 1. The molecular formula is C22H30IN5O3S. The van der Waals surface area contributed by atoms with E-state index in [9.17, 15) is 13.2 Å². The second-order valence-electron chi connectivity index (χ2n) is 7.29. The Morgan fingerprint density at radius 3 is 2.31 bits per heavy atom. The molecule has 0 atom stereocenters. The van der Waals surface area contributed by atoms with Gasteiger partial charge >= 0.3 is 0 Å². The third-order valence-corrected chi connectivity index (χ3v) is 6.33. The van der Waals surface area contributed by atoms with Crippen molar-refractivity contribution in [2.45, 2.75) is 25.9 Å². The number of carbonyl (C=O) groups excluding carboxylic acids is 1. The summed E-state index contributed by atoms with van der Waals surface area (Å²) in [6.07, 6.45) is 1.52. The SMILES string of the molecule is CN=C(NCCS(=O)(=O)NCc1ccccc1)NCc1ccc(N2CCCC2=O)cc1.I. The topological polar surface area (TPSA) is 103 Å². The van der Waals surface area contributed by atoms with Crippen molar-refractivity contribution in [2.75, 3.05) is 30.8 Å². The molecule has 3 rings (SSSR count). The first kappa shape index (κ1) is 26.1. The maximum atomic E-state index is 12.2. The van der Waals surface area contributed by atoms with Crippen LogP contribution in [0, 0.1) is 0 Å². The second kappa shape index (κ2) is 12.8. The number of rotatable bonds is 9. The van der Waals surface area contributed by atoms with Crippen molar-refractivity contribution in [1.29, 1.82) is 0 Å². The Balaban J connectivity index is 0.00000363. The van der Waals surface area contributed by atoms with Crippen molar-refractivity contribution >= 4 is 51.6 Å². The minimum Gasteiger partial charge on any atom is -0.355 e. The number of halogens is 1. The summed E-state index contributed by atoms with van der Waals surface area (Å²) in [7, 11) is -1.76. The molecule has 0 bridgehead atoms. The van der Waals surface area contributed by atoms with E-state index in [1.807, 2.05) is 59.5 Å². The summed E-state index contributed by atoms with van der Waals surface area (Å²) in [5, 5.41) is 6.19. The Morgan fingerprint density at radius 2 is 1.69 bits per heavy atom. The second-order valence-corrected chi connectivity index (χ2v) is 9.22. The van der Waals surface area contributed by atoms with Crippen LogP contribution in [-0.2, 0) is 27.9 Å². The molecule has 8 nitrogen and oxygen atoms in total. The smallest absolute Gasteiger partial charge is 0.227 e. The quantitative estimate of drug-likeness (QED) is 0.244. The highest BCUT2D eigenvalue weighted by molar-refractivity contribution is 14.0. The zero-order valence-electron chi connectivity index (χ0n) is 18.1. The Kier molecular flexibility index (Phi) is 10.4. The number of anilines is 1. The molecule has 0 spiro atoms. The molecule has 0 aromatic heterocycles. The fraction of sp³-hybridized carbons (Fsp3) is 0.364. The van der Waals surface area contributed by atoms with Gasteiger partial charge in [0.05, 0.1) is 5.75 Å². The van der Waals surface area contributed by atoms with Crippen LogP contribution in [0.1, 0.15) is 24.0 Å². The lowest BCUT2D eigenvalue weighted by Crippen LogP contribution is -2.40. The molecule has 1 aliphatic heterocycles. The van der Waals surface area contributed by atoms with E-state index in [1.54, 1.807) is 7.05 Å². The first-order valence-electron chi connectivity index (χ1n) is 10.3. The third kappa shape index (κ3) is 8.06. The monoisotopic (exact) mass is 571 g/mol. The lowest BCUT2D eigenvalue weighted by atomic mass is 10.2. The molecule has 2 aromatic rings. The van der Waals surface area contributed by atoms with Crippen LogP contribution in [0.3, 0.4) is 0 Å². The molecule has 1 saturated heterocycles. The van der Waals surface area contributed by atoms with E-state index in [2.05, 4.69) is 20.3 Å². The van der Waals surface area contributed by atoms with Gasteiger partial charge in [-0.2, -0.15) is 0 Å². The molecule has 0 aliphatic carbocycles. The highest BCUT2D eigenvalue weighted by Crippen LogP contribution is 2.21. The minimum atomic E-state index is -3.40. The van der Waals surface area contributed by atoms with E-state index in [4.69, 9.17) is 0 Å². The zero-order valence-corrected chi connectivity index (χ0v) is 21.2. The van der Waals surface area contributed by atoms with Crippen LogP contribution in [-0.4, -0.2) is 46.2 Å². The van der Waals surface area contributed by atoms with E-state index in [0.717, 1.165) is 29.8 Å². The van der Waals surface area contributed by atoms with Gasteiger partial charge < -0.3 is 15.5 Å². The average molecular weight is 571 g/mol. The molecule has 174 valence electrons. The van der Waals surface area contributed by atoms with Gasteiger partial charge in [-0.3, -0.25) is 9.79 Å². The number of hydrogen-bond acceptors (Lipinski definition) is 4. The number of nitrogens with one attached hydrogen (secondary N) is 3. The third-order valence-electron chi connectivity index (χ3n) is 5.01. The van der Waals surface area contributed by atoms with E-state index >= 15 is 0 Å². The average Bonchev–Trinajstić information content (AvgIpc) is 3.21. The van der Waals surface area contributed by atoms with Gasteiger partial charge in [-0.1, -0.05) is 42.5 Å². The first-order chi connectivity index (χ1) is 15.0. The molecule has 1 fully saturated rings. The van der Waals surface area contributed by atoms with Gasteiger partial charge in [0.1, 0.15) is 0 Å². The summed E-state index contributed by atoms with van der Waals surface area (Å²) in [4.78, 5) is 17.8. The normalized spacial score (nSPS) is 14.2. The molecule has 1 aliphatic rings. The Hall–Kier alpha value is -2.18. The molecule has 1 heterocycles. The van der Waals surface area contributed by atoms with Crippen LogP contribution < -0.4 is 20.3 Å². The predicted molar refractivity (Wildman–Crippen MR) is 139 cm³/mol. The van der Waals surface area contributed by atoms with Crippen molar-refractivity contribution in [1.82, 2.24) is 15.4 Å². The maximum absolute atomic E-state index is 12.2. The fourth-order valence-electron chi connectivity index (χ4n) is 3.29. The van der Waals surface area contributed by atoms with E-state index in [1.165, 1.54) is 0 Å². The van der Waals surface area contributed by atoms with Gasteiger partial charge in [0, 0.05) is 45.3 Å². The van der Waals surface area contributed by atoms with Crippen molar-refractivity contribution < 1.29 is 13.2 Å². The number of benzene rings is 2. The van der Waals surface area contributed by atoms with Crippen LogP contribution in [0.15, 0.2) is 59.6 Å². The summed E-state index contributed by atoms with van der Waals surface area (Å²) in [6, 6.07) is 17.2. The highest BCUT2D eigenvalue weighted by atomic mass is 127. The number of guanidine groups is 1.